The average molecular weight is 279 g/mol. The summed E-state index contributed by atoms with van der Waals surface area (Å²) in [5.41, 5.74) is 1.14. The van der Waals surface area contributed by atoms with Gasteiger partial charge < -0.3 is 10.1 Å². The molecular formula is C17H26FNO. The number of nitrogens with one attached hydrogen (secondary N) is 1. The molecule has 3 atom stereocenters. The molecule has 1 aliphatic rings. The van der Waals surface area contributed by atoms with Crippen LogP contribution in [0.15, 0.2) is 18.2 Å². The molecule has 0 heterocycles. The van der Waals surface area contributed by atoms with E-state index in [1.165, 1.54) is 45.3 Å². The molecule has 20 heavy (non-hydrogen) atoms. The number of ether oxygens (including phenoxy) is 1. The lowest BCUT2D eigenvalue weighted by atomic mass is 9.72. The van der Waals surface area contributed by atoms with Crippen LogP contribution < -0.4 is 10.1 Å². The van der Waals surface area contributed by atoms with E-state index in [-0.39, 0.29) is 11.9 Å². The smallest absolute Gasteiger partial charge is 0.165 e. The summed E-state index contributed by atoms with van der Waals surface area (Å²) in [6.07, 6.45) is 6.44. The second-order valence-electron chi connectivity index (χ2n) is 5.78. The Labute approximate surface area is 121 Å². The van der Waals surface area contributed by atoms with Crippen molar-refractivity contribution in [2.45, 2.75) is 45.1 Å². The molecule has 1 aliphatic carbocycles. The van der Waals surface area contributed by atoms with Crippen molar-refractivity contribution >= 4 is 0 Å². The van der Waals surface area contributed by atoms with Crippen LogP contribution in [0, 0.1) is 17.7 Å². The van der Waals surface area contributed by atoms with Gasteiger partial charge in [-0.3, -0.25) is 0 Å². The van der Waals surface area contributed by atoms with Crippen molar-refractivity contribution in [1.82, 2.24) is 5.32 Å². The Hall–Kier alpha value is -1.09. The molecule has 0 spiro atoms. The van der Waals surface area contributed by atoms with Gasteiger partial charge >= 0.3 is 0 Å². The van der Waals surface area contributed by atoms with Crippen LogP contribution in [0.3, 0.4) is 0 Å². The van der Waals surface area contributed by atoms with E-state index < -0.39 is 0 Å². The van der Waals surface area contributed by atoms with Gasteiger partial charge in [0.15, 0.2) is 11.6 Å². The van der Waals surface area contributed by atoms with Crippen LogP contribution in [-0.4, -0.2) is 14.2 Å². The maximum atomic E-state index is 13.6. The first-order chi connectivity index (χ1) is 9.71. The quantitative estimate of drug-likeness (QED) is 0.867. The van der Waals surface area contributed by atoms with Crippen LogP contribution in [0.4, 0.5) is 4.39 Å². The van der Waals surface area contributed by atoms with E-state index in [1.54, 1.807) is 0 Å². The van der Waals surface area contributed by atoms with Gasteiger partial charge in [-0.25, -0.2) is 4.39 Å². The average Bonchev–Trinajstić information content (AvgIpc) is 2.50. The maximum absolute atomic E-state index is 13.6. The molecule has 1 aromatic rings. The fraction of sp³-hybridized carbons (Fsp3) is 0.647. The van der Waals surface area contributed by atoms with Gasteiger partial charge in [-0.2, -0.15) is 0 Å². The Morgan fingerprint density at radius 2 is 2.10 bits per heavy atom. The first-order valence-electron chi connectivity index (χ1n) is 7.72. The van der Waals surface area contributed by atoms with Crippen molar-refractivity contribution in [2.75, 3.05) is 14.2 Å². The summed E-state index contributed by atoms with van der Waals surface area (Å²) < 4.78 is 18.7. The third-order valence-corrected chi connectivity index (χ3v) is 4.77. The van der Waals surface area contributed by atoms with E-state index in [1.807, 2.05) is 19.2 Å². The van der Waals surface area contributed by atoms with E-state index in [9.17, 15) is 4.39 Å². The van der Waals surface area contributed by atoms with Crippen molar-refractivity contribution in [3.63, 3.8) is 0 Å². The zero-order valence-electron chi connectivity index (χ0n) is 12.8. The minimum absolute atomic E-state index is 0.287. The number of rotatable bonds is 5. The van der Waals surface area contributed by atoms with Crippen molar-refractivity contribution < 1.29 is 9.13 Å². The number of halogens is 1. The fourth-order valence-electron chi connectivity index (χ4n) is 3.68. The van der Waals surface area contributed by atoms with Crippen molar-refractivity contribution in [3.8, 4) is 5.75 Å². The number of hydrogen-bond acceptors (Lipinski definition) is 2. The van der Waals surface area contributed by atoms with E-state index in [0.717, 1.165) is 11.5 Å². The van der Waals surface area contributed by atoms with Gasteiger partial charge in [-0.05, 0) is 43.0 Å². The molecule has 0 amide bonds. The van der Waals surface area contributed by atoms with Gasteiger partial charge in [0.2, 0.25) is 0 Å². The Kier molecular flexibility index (Phi) is 5.41. The monoisotopic (exact) mass is 279 g/mol. The highest BCUT2D eigenvalue weighted by Crippen LogP contribution is 2.40. The zero-order chi connectivity index (χ0) is 14.5. The highest BCUT2D eigenvalue weighted by molar-refractivity contribution is 5.32. The maximum Gasteiger partial charge on any atom is 0.165 e. The highest BCUT2D eigenvalue weighted by Gasteiger charge is 2.31. The molecule has 0 aromatic heterocycles. The Bertz CT molecular complexity index is 435. The normalized spacial score (nSPS) is 24.4. The predicted octanol–water partition coefficient (Wildman–Crippen LogP) is 4.31. The first kappa shape index (κ1) is 15.3. The summed E-state index contributed by atoms with van der Waals surface area (Å²) in [5, 5.41) is 3.45. The van der Waals surface area contributed by atoms with Crippen LogP contribution in [-0.2, 0) is 0 Å². The SMILES string of the molecule is CCC1CCCCC1C(NC)c1ccc(F)c(OC)c1. The summed E-state index contributed by atoms with van der Waals surface area (Å²) >= 11 is 0. The molecule has 1 fully saturated rings. The Morgan fingerprint density at radius 1 is 1.35 bits per heavy atom. The summed E-state index contributed by atoms with van der Waals surface area (Å²) in [4.78, 5) is 0. The third kappa shape index (κ3) is 3.14. The minimum atomic E-state index is -0.290. The number of methoxy groups -OCH3 is 1. The molecule has 2 nitrogen and oxygen atoms in total. The summed E-state index contributed by atoms with van der Waals surface area (Å²) in [6, 6.07) is 5.54. The van der Waals surface area contributed by atoms with Crippen LogP contribution in [0.25, 0.3) is 0 Å². The van der Waals surface area contributed by atoms with Crippen LogP contribution in [0.1, 0.15) is 50.6 Å². The van der Waals surface area contributed by atoms with E-state index >= 15 is 0 Å². The van der Waals surface area contributed by atoms with Crippen LogP contribution in [0.5, 0.6) is 5.75 Å². The van der Waals surface area contributed by atoms with Crippen molar-refractivity contribution in [2.24, 2.45) is 11.8 Å². The molecule has 1 saturated carbocycles. The molecule has 3 heteroatoms. The molecule has 2 rings (SSSR count). The van der Waals surface area contributed by atoms with Gasteiger partial charge in [-0.15, -0.1) is 0 Å². The molecule has 0 radical (unpaired) electrons. The second-order valence-corrected chi connectivity index (χ2v) is 5.78. The molecule has 1 N–H and O–H groups in total. The molecular weight excluding hydrogens is 253 g/mol. The molecule has 0 bridgehead atoms. The Balaban J connectivity index is 2.26. The molecule has 0 saturated heterocycles. The van der Waals surface area contributed by atoms with Gasteiger partial charge in [0.05, 0.1) is 7.11 Å². The fourth-order valence-corrected chi connectivity index (χ4v) is 3.68. The largest absolute Gasteiger partial charge is 0.494 e. The lowest BCUT2D eigenvalue weighted by Crippen LogP contribution is -2.32. The third-order valence-electron chi connectivity index (χ3n) is 4.77. The number of hydrogen-bond donors (Lipinski definition) is 1. The molecule has 3 unspecified atom stereocenters. The van der Waals surface area contributed by atoms with Gasteiger partial charge in [-0.1, -0.05) is 38.7 Å². The standard InChI is InChI=1S/C17H26FNO/c1-4-12-7-5-6-8-14(12)17(19-2)13-9-10-15(18)16(11-13)20-3/h9-12,14,17,19H,4-8H2,1-3H3. The van der Waals surface area contributed by atoms with E-state index in [0.29, 0.717) is 11.7 Å². The van der Waals surface area contributed by atoms with Gasteiger partial charge in [0.1, 0.15) is 0 Å². The molecule has 1 aromatic carbocycles. The van der Waals surface area contributed by atoms with Crippen LogP contribution >= 0.6 is 0 Å². The van der Waals surface area contributed by atoms with E-state index in [4.69, 9.17) is 4.74 Å². The summed E-state index contributed by atoms with van der Waals surface area (Å²) in [6.45, 7) is 2.28. The summed E-state index contributed by atoms with van der Waals surface area (Å²) in [7, 11) is 3.52. The lowest BCUT2D eigenvalue weighted by Gasteiger charge is -2.37. The second kappa shape index (κ2) is 7.07. The van der Waals surface area contributed by atoms with Gasteiger partial charge in [0, 0.05) is 6.04 Å². The Morgan fingerprint density at radius 3 is 2.75 bits per heavy atom. The molecule has 0 aliphatic heterocycles. The van der Waals surface area contributed by atoms with Crippen molar-refractivity contribution in [3.05, 3.63) is 29.6 Å². The van der Waals surface area contributed by atoms with E-state index in [2.05, 4.69) is 12.2 Å². The molecule has 112 valence electrons. The van der Waals surface area contributed by atoms with Crippen molar-refractivity contribution in [1.29, 1.82) is 0 Å². The topological polar surface area (TPSA) is 21.3 Å². The minimum Gasteiger partial charge on any atom is -0.494 e. The summed E-state index contributed by atoms with van der Waals surface area (Å²) in [5.74, 6) is 1.44. The van der Waals surface area contributed by atoms with Crippen LogP contribution in [0.2, 0.25) is 0 Å². The highest BCUT2D eigenvalue weighted by atomic mass is 19.1. The zero-order valence-corrected chi connectivity index (χ0v) is 12.8. The number of benzene rings is 1. The first-order valence-corrected chi connectivity index (χ1v) is 7.72. The predicted molar refractivity (Wildman–Crippen MR) is 80.5 cm³/mol. The van der Waals surface area contributed by atoms with Gasteiger partial charge in [0.25, 0.3) is 0 Å². The lowest BCUT2D eigenvalue weighted by molar-refractivity contribution is 0.180.